The summed E-state index contributed by atoms with van der Waals surface area (Å²) in [6.07, 6.45) is 1.67. The molecule has 1 aromatic heterocycles. The molecule has 2 fully saturated rings. The first-order valence-electron chi connectivity index (χ1n) is 8.66. The lowest BCUT2D eigenvalue weighted by Crippen LogP contribution is -2.38. The molecule has 2 saturated heterocycles. The highest BCUT2D eigenvalue weighted by Gasteiger charge is 2.48. The van der Waals surface area contributed by atoms with Crippen molar-refractivity contribution in [3.05, 3.63) is 65.5 Å². The number of hydrogen-bond acceptors (Lipinski definition) is 5. The van der Waals surface area contributed by atoms with Gasteiger partial charge in [0.15, 0.2) is 0 Å². The fourth-order valence-electron chi connectivity index (χ4n) is 3.67. The lowest BCUT2D eigenvalue weighted by Gasteiger charge is -2.22. The molecule has 6 heteroatoms. The molecule has 0 radical (unpaired) electrons. The van der Waals surface area contributed by atoms with Gasteiger partial charge in [0.05, 0.1) is 49.3 Å². The Morgan fingerprint density at radius 2 is 2.23 bits per heavy atom. The average molecular weight is 349 g/mol. The fraction of sp³-hybridized carbons (Fsp3) is 0.350. The van der Waals surface area contributed by atoms with E-state index in [-0.39, 0.29) is 24.0 Å². The normalized spacial score (nSPS) is 24.3. The highest BCUT2D eigenvalue weighted by atomic mass is 16.5. The molecule has 0 aliphatic carbocycles. The number of carbonyl (C=O) groups excluding carboxylic acids is 1. The summed E-state index contributed by atoms with van der Waals surface area (Å²) in [5.41, 5.74) is 1.88. The number of aromatic nitrogens is 1. The topological polar surface area (TPSA) is 75.5 Å². The maximum Gasteiger partial charge on any atom is 0.254 e. The van der Waals surface area contributed by atoms with E-state index in [1.807, 2.05) is 23.1 Å². The summed E-state index contributed by atoms with van der Waals surface area (Å²) in [7, 11) is 0. The second-order valence-corrected chi connectivity index (χ2v) is 6.59. The second-order valence-electron chi connectivity index (χ2n) is 6.59. The molecule has 1 amide bonds. The summed E-state index contributed by atoms with van der Waals surface area (Å²) in [4.78, 5) is 19.1. The van der Waals surface area contributed by atoms with Crippen LogP contribution in [0.25, 0.3) is 0 Å². The van der Waals surface area contributed by atoms with Crippen LogP contribution in [-0.2, 0) is 16.1 Å². The summed E-state index contributed by atoms with van der Waals surface area (Å²) < 4.78 is 11.7. The van der Waals surface area contributed by atoms with Crippen LogP contribution in [0.1, 0.15) is 21.6 Å². The maximum atomic E-state index is 13.0. The molecule has 6 nitrogen and oxygen atoms in total. The number of nitrogens with zero attached hydrogens (tertiary/aromatic N) is 3. The minimum Gasteiger partial charge on any atom is -0.379 e. The van der Waals surface area contributed by atoms with Crippen molar-refractivity contribution >= 4 is 5.91 Å². The summed E-state index contributed by atoms with van der Waals surface area (Å²) in [6, 6.07) is 14.6. The van der Waals surface area contributed by atoms with Gasteiger partial charge < -0.3 is 14.4 Å². The predicted octanol–water partition coefficient (Wildman–Crippen LogP) is 2.01. The Hall–Kier alpha value is -2.75. The highest BCUT2D eigenvalue weighted by Crippen LogP contribution is 2.33. The van der Waals surface area contributed by atoms with Gasteiger partial charge in [-0.1, -0.05) is 12.1 Å². The average Bonchev–Trinajstić information content (AvgIpc) is 3.30. The zero-order chi connectivity index (χ0) is 17.9. The third-order valence-corrected chi connectivity index (χ3v) is 5.02. The van der Waals surface area contributed by atoms with Crippen molar-refractivity contribution < 1.29 is 14.3 Å². The van der Waals surface area contributed by atoms with Crippen LogP contribution in [0, 0.1) is 17.2 Å². The van der Waals surface area contributed by atoms with E-state index in [1.165, 1.54) is 0 Å². The quantitative estimate of drug-likeness (QED) is 0.844. The Labute approximate surface area is 152 Å². The lowest BCUT2D eigenvalue weighted by atomic mass is 10.0. The van der Waals surface area contributed by atoms with Crippen LogP contribution >= 0.6 is 0 Å². The van der Waals surface area contributed by atoms with Gasteiger partial charge in [-0.3, -0.25) is 9.78 Å². The number of ether oxygens (including phenoxy) is 2. The molecule has 132 valence electrons. The van der Waals surface area contributed by atoms with Crippen LogP contribution in [0.4, 0.5) is 0 Å². The number of carbonyl (C=O) groups is 1. The van der Waals surface area contributed by atoms with E-state index in [9.17, 15) is 4.79 Å². The van der Waals surface area contributed by atoms with Gasteiger partial charge in [-0.25, -0.2) is 0 Å². The van der Waals surface area contributed by atoms with Crippen LogP contribution in [0.5, 0.6) is 0 Å². The summed E-state index contributed by atoms with van der Waals surface area (Å²) in [5.74, 6) is 0.0911. The van der Waals surface area contributed by atoms with E-state index in [2.05, 4.69) is 11.1 Å². The fourth-order valence-corrected chi connectivity index (χ4v) is 3.67. The van der Waals surface area contributed by atoms with E-state index in [0.717, 1.165) is 5.69 Å². The lowest BCUT2D eigenvalue weighted by molar-refractivity contribution is 0.00800. The van der Waals surface area contributed by atoms with Crippen molar-refractivity contribution in [2.24, 2.45) is 5.92 Å². The van der Waals surface area contributed by atoms with Gasteiger partial charge >= 0.3 is 0 Å². The van der Waals surface area contributed by atoms with E-state index < -0.39 is 0 Å². The van der Waals surface area contributed by atoms with Crippen molar-refractivity contribution in [3.63, 3.8) is 0 Å². The summed E-state index contributed by atoms with van der Waals surface area (Å²) in [5, 5.41) is 9.06. The SMILES string of the molecule is N#Cc1cccc(C(=O)N2C[C@@H](OCc3ccccn3)[C@@H]3COC[C@@H]32)c1. The highest BCUT2D eigenvalue weighted by molar-refractivity contribution is 5.95. The van der Waals surface area contributed by atoms with Crippen molar-refractivity contribution in [2.45, 2.75) is 18.8 Å². The first-order chi connectivity index (χ1) is 12.8. The van der Waals surface area contributed by atoms with Gasteiger partial charge in [-0.2, -0.15) is 5.26 Å². The van der Waals surface area contributed by atoms with Crippen LogP contribution in [-0.4, -0.2) is 47.7 Å². The first-order valence-corrected chi connectivity index (χ1v) is 8.66. The monoisotopic (exact) mass is 349 g/mol. The summed E-state index contributed by atoms with van der Waals surface area (Å²) >= 11 is 0. The minimum atomic E-state index is -0.0773. The van der Waals surface area contributed by atoms with E-state index in [1.54, 1.807) is 30.5 Å². The van der Waals surface area contributed by atoms with Crippen LogP contribution in [0.2, 0.25) is 0 Å². The zero-order valence-corrected chi connectivity index (χ0v) is 14.2. The zero-order valence-electron chi connectivity index (χ0n) is 14.2. The molecule has 26 heavy (non-hydrogen) atoms. The molecular formula is C20H19N3O3. The number of likely N-dealkylation sites (tertiary alicyclic amines) is 1. The smallest absolute Gasteiger partial charge is 0.254 e. The maximum absolute atomic E-state index is 13.0. The molecule has 3 heterocycles. The Morgan fingerprint density at radius 3 is 3.04 bits per heavy atom. The Bertz CT molecular complexity index is 834. The molecule has 0 unspecified atom stereocenters. The van der Waals surface area contributed by atoms with Gasteiger partial charge in [0.25, 0.3) is 5.91 Å². The molecule has 0 spiro atoms. The van der Waals surface area contributed by atoms with Crippen LogP contribution in [0.15, 0.2) is 48.7 Å². The van der Waals surface area contributed by atoms with Crippen LogP contribution < -0.4 is 0 Å². The van der Waals surface area contributed by atoms with E-state index >= 15 is 0 Å². The molecule has 1 aromatic carbocycles. The molecule has 2 aliphatic rings. The molecule has 0 N–H and O–H groups in total. The number of amides is 1. The van der Waals surface area contributed by atoms with Crippen molar-refractivity contribution in [1.82, 2.24) is 9.88 Å². The number of pyridine rings is 1. The van der Waals surface area contributed by atoms with E-state index in [4.69, 9.17) is 14.7 Å². The molecular weight excluding hydrogens is 330 g/mol. The minimum absolute atomic E-state index is 0.0157. The van der Waals surface area contributed by atoms with Gasteiger partial charge in [-0.15, -0.1) is 0 Å². The Morgan fingerprint density at radius 1 is 1.31 bits per heavy atom. The molecule has 0 bridgehead atoms. The van der Waals surface area contributed by atoms with Crippen LogP contribution in [0.3, 0.4) is 0 Å². The number of nitriles is 1. The third kappa shape index (κ3) is 3.19. The number of fused-ring (bicyclic) bond motifs is 1. The standard InChI is InChI=1S/C20H19N3O3/c21-9-14-4-3-5-15(8-14)20(24)23-10-19(17-12-25-13-18(17)23)26-11-16-6-1-2-7-22-16/h1-8,17-19H,10-13H2/t17-,18+,19-/m1/s1. The molecule has 2 aliphatic heterocycles. The second kappa shape index (κ2) is 7.24. The Balaban J connectivity index is 1.49. The van der Waals surface area contributed by atoms with E-state index in [0.29, 0.717) is 37.5 Å². The largest absolute Gasteiger partial charge is 0.379 e. The molecule has 4 rings (SSSR count). The van der Waals surface area contributed by atoms with Gasteiger partial charge in [0.2, 0.25) is 0 Å². The summed E-state index contributed by atoms with van der Waals surface area (Å²) in [6.45, 7) is 2.07. The first kappa shape index (κ1) is 16.7. The number of benzene rings is 1. The van der Waals surface area contributed by atoms with Gasteiger partial charge in [0.1, 0.15) is 0 Å². The van der Waals surface area contributed by atoms with Crippen molar-refractivity contribution in [1.29, 1.82) is 5.26 Å². The number of hydrogen-bond donors (Lipinski definition) is 0. The molecule has 0 saturated carbocycles. The predicted molar refractivity (Wildman–Crippen MR) is 93.1 cm³/mol. The van der Waals surface area contributed by atoms with Crippen molar-refractivity contribution in [3.8, 4) is 6.07 Å². The molecule has 2 aromatic rings. The van der Waals surface area contributed by atoms with Crippen molar-refractivity contribution in [2.75, 3.05) is 19.8 Å². The van der Waals surface area contributed by atoms with Gasteiger partial charge in [-0.05, 0) is 30.3 Å². The third-order valence-electron chi connectivity index (χ3n) is 5.02. The molecule has 3 atom stereocenters. The van der Waals surface area contributed by atoms with Gasteiger partial charge in [0, 0.05) is 24.2 Å². The Kier molecular flexibility index (Phi) is 4.65. The number of rotatable bonds is 4.